The molecule has 3 aliphatic heterocycles. The average molecular weight is 520 g/mol. The Bertz CT molecular complexity index is 1040. The predicted octanol–water partition coefficient (Wildman–Crippen LogP) is 4.17. The third-order valence-electron chi connectivity index (χ3n) is 7.49. The van der Waals surface area contributed by atoms with Crippen LogP contribution in [0.4, 0.5) is 13.2 Å². The smallest absolute Gasteiger partial charge is 0.387 e. The van der Waals surface area contributed by atoms with Crippen molar-refractivity contribution in [3.8, 4) is 5.75 Å². The number of ether oxygens (including phenoxy) is 3. The van der Waals surface area contributed by atoms with Crippen molar-refractivity contribution in [1.82, 2.24) is 14.9 Å². The summed E-state index contributed by atoms with van der Waals surface area (Å²) in [5.74, 6) is -0.203. The molecule has 0 radical (unpaired) electrons. The van der Waals surface area contributed by atoms with Gasteiger partial charge in [0.15, 0.2) is 6.29 Å². The van der Waals surface area contributed by atoms with E-state index in [1.165, 1.54) is 24.3 Å². The topological polar surface area (TPSA) is 54.5 Å². The monoisotopic (exact) mass is 519 g/mol. The van der Waals surface area contributed by atoms with Crippen molar-refractivity contribution in [2.75, 3.05) is 32.8 Å². The molecule has 2 aromatic carbocycles. The number of hydrazine groups is 1. The lowest BCUT2D eigenvalue weighted by Gasteiger charge is -2.46. The molecule has 0 saturated carbocycles. The average Bonchev–Trinajstić information content (AvgIpc) is 3.49. The number of amides is 1. The van der Waals surface area contributed by atoms with E-state index in [-0.39, 0.29) is 29.3 Å². The molecule has 0 atom stereocenters. The second kappa shape index (κ2) is 11.4. The lowest BCUT2D eigenvalue weighted by atomic mass is 9.84. The first kappa shape index (κ1) is 26.0. The van der Waals surface area contributed by atoms with Crippen molar-refractivity contribution in [2.45, 2.75) is 57.2 Å². The molecule has 3 heterocycles. The molecule has 200 valence electrons. The Labute approximate surface area is 214 Å². The summed E-state index contributed by atoms with van der Waals surface area (Å²) in [4.78, 5) is 15.7. The van der Waals surface area contributed by atoms with Gasteiger partial charge in [-0.15, -0.1) is 0 Å². The van der Waals surface area contributed by atoms with Gasteiger partial charge in [-0.3, -0.25) is 9.80 Å². The fourth-order valence-electron chi connectivity index (χ4n) is 5.48. The fraction of sp³-hybridized carbons (Fsp3) is 0.519. The van der Waals surface area contributed by atoms with Gasteiger partial charge in [0.05, 0.1) is 25.3 Å². The number of carbonyl (C=O) groups excluding carboxylic acids is 1. The van der Waals surface area contributed by atoms with Crippen molar-refractivity contribution in [3.63, 3.8) is 0 Å². The lowest BCUT2D eigenvalue weighted by Crippen LogP contribution is -2.55. The van der Waals surface area contributed by atoms with E-state index < -0.39 is 6.61 Å². The molecule has 37 heavy (non-hydrogen) atoms. The number of halogens is 3. The number of nitrogens with zero attached hydrogens (tertiary/aromatic N) is 3. The van der Waals surface area contributed by atoms with Crippen LogP contribution in [-0.4, -0.2) is 72.1 Å². The molecule has 10 heteroatoms. The van der Waals surface area contributed by atoms with Crippen LogP contribution in [0.5, 0.6) is 5.75 Å². The number of hydrogen-bond donors (Lipinski definition) is 0. The van der Waals surface area contributed by atoms with Crippen LogP contribution in [0.1, 0.15) is 36.8 Å². The molecule has 1 amide bonds. The number of rotatable bonds is 9. The van der Waals surface area contributed by atoms with Crippen molar-refractivity contribution >= 4 is 5.91 Å². The summed E-state index contributed by atoms with van der Waals surface area (Å²) in [6.45, 7) is 1.78. The van der Waals surface area contributed by atoms with E-state index in [0.29, 0.717) is 32.7 Å². The Morgan fingerprint density at radius 2 is 1.57 bits per heavy atom. The molecule has 3 fully saturated rings. The number of hydrogen-bond acceptors (Lipinski definition) is 6. The normalized spacial score (nSPS) is 21.0. The van der Waals surface area contributed by atoms with Gasteiger partial charge in [-0.1, -0.05) is 24.3 Å². The molecular formula is C27H32F3N3O4. The number of piperidine rings is 1. The third-order valence-corrected chi connectivity index (χ3v) is 7.49. The molecule has 1 spiro atoms. The first-order chi connectivity index (χ1) is 17.9. The lowest BCUT2D eigenvalue weighted by molar-refractivity contribution is -0.146. The molecule has 0 aliphatic carbocycles. The van der Waals surface area contributed by atoms with Gasteiger partial charge in [-0.25, -0.2) is 9.40 Å². The Balaban J connectivity index is 1.30. The number of likely N-dealkylation sites (tertiary alicyclic amines) is 1. The minimum atomic E-state index is -2.89. The maximum Gasteiger partial charge on any atom is 0.387 e. The van der Waals surface area contributed by atoms with Gasteiger partial charge in [0, 0.05) is 25.9 Å². The molecule has 2 aromatic rings. The molecule has 0 N–H and O–H groups in total. The van der Waals surface area contributed by atoms with Gasteiger partial charge in [0.1, 0.15) is 11.6 Å². The van der Waals surface area contributed by atoms with Crippen LogP contribution in [0.15, 0.2) is 48.5 Å². The minimum Gasteiger partial charge on any atom is -0.435 e. The third kappa shape index (κ3) is 6.26. The van der Waals surface area contributed by atoms with Gasteiger partial charge in [0.2, 0.25) is 5.91 Å². The SMILES string of the molecule is O=C1CC2(CCN(CCC3OCCO3)CC2)N(Cc2ccc(F)cc2)N1Cc1ccc(OC(F)F)cc1. The van der Waals surface area contributed by atoms with Gasteiger partial charge in [0.25, 0.3) is 0 Å². The van der Waals surface area contributed by atoms with Crippen molar-refractivity contribution < 1.29 is 32.2 Å². The van der Waals surface area contributed by atoms with E-state index in [9.17, 15) is 18.0 Å². The molecule has 0 bridgehead atoms. The van der Waals surface area contributed by atoms with E-state index in [2.05, 4.69) is 14.6 Å². The molecular weight excluding hydrogens is 487 g/mol. The number of alkyl halides is 2. The zero-order valence-electron chi connectivity index (χ0n) is 20.7. The Morgan fingerprint density at radius 3 is 2.22 bits per heavy atom. The summed E-state index contributed by atoms with van der Waals surface area (Å²) in [5.41, 5.74) is 1.39. The van der Waals surface area contributed by atoms with Crippen LogP contribution in [0.2, 0.25) is 0 Å². The van der Waals surface area contributed by atoms with E-state index >= 15 is 0 Å². The van der Waals surface area contributed by atoms with E-state index in [1.54, 1.807) is 29.3 Å². The van der Waals surface area contributed by atoms with Gasteiger partial charge in [-0.05, 0) is 61.3 Å². The second-order valence-corrected chi connectivity index (χ2v) is 9.86. The quantitative estimate of drug-likeness (QED) is 0.496. The first-order valence-electron chi connectivity index (χ1n) is 12.7. The highest BCUT2D eigenvalue weighted by Gasteiger charge is 2.51. The number of carbonyl (C=O) groups is 1. The zero-order chi connectivity index (χ0) is 25.8. The summed E-state index contributed by atoms with van der Waals surface area (Å²) in [7, 11) is 0. The molecule has 0 aromatic heterocycles. The van der Waals surface area contributed by atoms with Crippen LogP contribution in [0, 0.1) is 5.82 Å². The van der Waals surface area contributed by atoms with Gasteiger partial charge < -0.3 is 19.1 Å². The maximum atomic E-state index is 13.6. The maximum absolute atomic E-state index is 13.6. The largest absolute Gasteiger partial charge is 0.435 e. The van der Waals surface area contributed by atoms with Crippen LogP contribution >= 0.6 is 0 Å². The van der Waals surface area contributed by atoms with Crippen LogP contribution < -0.4 is 4.74 Å². The summed E-state index contributed by atoms with van der Waals surface area (Å²) in [6, 6.07) is 12.7. The molecule has 7 nitrogen and oxygen atoms in total. The summed E-state index contributed by atoms with van der Waals surface area (Å²) in [6.07, 6.45) is 2.74. The molecule has 0 unspecified atom stereocenters. The van der Waals surface area contributed by atoms with Crippen molar-refractivity contribution in [2.24, 2.45) is 0 Å². The Hall–Kier alpha value is -2.66. The fourth-order valence-corrected chi connectivity index (χ4v) is 5.48. The van der Waals surface area contributed by atoms with Gasteiger partial charge in [-0.2, -0.15) is 8.78 Å². The minimum absolute atomic E-state index is 0.0243. The highest BCUT2D eigenvalue weighted by Crippen LogP contribution is 2.41. The van der Waals surface area contributed by atoms with Crippen LogP contribution in [0.3, 0.4) is 0 Å². The summed E-state index contributed by atoms with van der Waals surface area (Å²) in [5, 5.41) is 3.91. The second-order valence-electron chi connectivity index (χ2n) is 9.86. The van der Waals surface area contributed by atoms with Crippen LogP contribution in [-0.2, 0) is 27.4 Å². The van der Waals surface area contributed by atoms with E-state index in [4.69, 9.17) is 9.47 Å². The predicted molar refractivity (Wildman–Crippen MR) is 129 cm³/mol. The standard InChI is InChI=1S/C27H32F3N3O4/c28-22-5-1-21(2-6-22)19-33-27(10-13-31(14-11-27)12-9-25-35-15-16-36-25)17-24(34)32(33)18-20-3-7-23(8-4-20)37-26(29)30/h1-8,25-26H,9-19H2. The first-order valence-corrected chi connectivity index (χ1v) is 12.7. The highest BCUT2D eigenvalue weighted by atomic mass is 19.3. The molecule has 3 saturated heterocycles. The Kier molecular flexibility index (Phi) is 7.99. The zero-order valence-corrected chi connectivity index (χ0v) is 20.7. The molecule has 5 rings (SSSR count). The molecule has 3 aliphatic rings. The van der Waals surface area contributed by atoms with Gasteiger partial charge >= 0.3 is 6.61 Å². The number of benzene rings is 2. The van der Waals surface area contributed by atoms with E-state index in [1.807, 2.05) is 0 Å². The van der Waals surface area contributed by atoms with Crippen LogP contribution in [0.25, 0.3) is 0 Å². The van der Waals surface area contributed by atoms with Crippen molar-refractivity contribution in [3.05, 3.63) is 65.5 Å². The van der Waals surface area contributed by atoms with E-state index in [0.717, 1.165) is 50.0 Å². The highest BCUT2D eigenvalue weighted by molar-refractivity contribution is 5.79. The summed E-state index contributed by atoms with van der Waals surface area (Å²) < 4.78 is 54.2. The summed E-state index contributed by atoms with van der Waals surface area (Å²) >= 11 is 0. The van der Waals surface area contributed by atoms with Crippen molar-refractivity contribution in [1.29, 1.82) is 0 Å². The Morgan fingerprint density at radius 1 is 0.946 bits per heavy atom.